The molecule has 4 rings (SSSR count). The number of carbonyl (C=O) groups is 1. The number of nitrogens with one attached hydrogen (secondary N) is 1. The number of thiophene rings is 1. The topological polar surface area (TPSA) is 61.9 Å². The lowest BCUT2D eigenvalue weighted by Gasteiger charge is -2.29. The number of benzene rings is 1. The van der Waals surface area contributed by atoms with Gasteiger partial charge in [-0.3, -0.25) is 9.89 Å². The van der Waals surface area contributed by atoms with Crippen molar-refractivity contribution in [3.8, 4) is 0 Å². The Morgan fingerprint density at radius 2 is 2.10 bits per heavy atom. The highest BCUT2D eigenvalue weighted by Gasteiger charge is 2.34. The summed E-state index contributed by atoms with van der Waals surface area (Å²) < 4.78 is 0. The number of rotatable bonds is 9. The molecule has 3 aromatic rings. The Kier molecular flexibility index (Phi) is 6.46. The van der Waals surface area contributed by atoms with E-state index in [-0.39, 0.29) is 11.9 Å². The SMILES string of the molecule is CC(C1CC1)N(Cc1ccccc1)C(=O)CSc1n[nH]c(/C=C/c2cccs2)n1. The molecule has 5 nitrogen and oxygen atoms in total. The summed E-state index contributed by atoms with van der Waals surface area (Å²) in [5.41, 5.74) is 1.16. The molecule has 1 aromatic carbocycles. The number of H-pyrrole nitrogens is 1. The van der Waals surface area contributed by atoms with Crippen LogP contribution in [0.15, 0.2) is 53.0 Å². The van der Waals surface area contributed by atoms with Gasteiger partial charge in [-0.15, -0.1) is 16.4 Å². The van der Waals surface area contributed by atoms with Gasteiger partial charge in [-0.05, 0) is 54.8 Å². The quantitative estimate of drug-likeness (QED) is 0.493. The van der Waals surface area contributed by atoms with Gasteiger partial charge in [0.05, 0.1) is 5.75 Å². The summed E-state index contributed by atoms with van der Waals surface area (Å²) in [4.78, 5) is 20.7. The van der Waals surface area contributed by atoms with E-state index in [1.165, 1.54) is 24.6 Å². The van der Waals surface area contributed by atoms with E-state index in [0.29, 0.717) is 29.2 Å². The Labute approximate surface area is 179 Å². The zero-order valence-corrected chi connectivity index (χ0v) is 18.0. The number of thioether (sulfide) groups is 1. The molecular formula is C22H24N4OS2. The number of hydrogen-bond donors (Lipinski definition) is 1. The molecule has 1 aliphatic carbocycles. The van der Waals surface area contributed by atoms with E-state index >= 15 is 0 Å². The van der Waals surface area contributed by atoms with Crippen LogP contribution >= 0.6 is 23.1 Å². The lowest BCUT2D eigenvalue weighted by atomic mass is 10.1. The summed E-state index contributed by atoms with van der Waals surface area (Å²) in [5, 5.41) is 9.79. The van der Waals surface area contributed by atoms with Crippen molar-refractivity contribution in [2.24, 2.45) is 5.92 Å². The van der Waals surface area contributed by atoms with Gasteiger partial charge in [0, 0.05) is 17.5 Å². The third-order valence-electron chi connectivity index (χ3n) is 5.07. The van der Waals surface area contributed by atoms with Gasteiger partial charge in [-0.1, -0.05) is 48.2 Å². The maximum Gasteiger partial charge on any atom is 0.233 e. The molecule has 0 spiro atoms. The van der Waals surface area contributed by atoms with Crippen LogP contribution in [-0.4, -0.2) is 37.8 Å². The molecule has 0 radical (unpaired) electrons. The lowest BCUT2D eigenvalue weighted by Crippen LogP contribution is -2.40. The monoisotopic (exact) mass is 424 g/mol. The van der Waals surface area contributed by atoms with Crippen LogP contribution in [0.1, 0.15) is 36.0 Å². The molecule has 1 N–H and O–H groups in total. The normalized spacial score (nSPS) is 14.9. The fourth-order valence-corrected chi connectivity index (χ4v) is 4.54. The molecule has 1 atom stereocenters. The van der Waals surface area contributed by atoms with E-state index in [0.717, 1.165) is 10.4 Å². The zero-order valence-electron chi connectivity index (χ0n) is 16.3. The van der Waals surface area contributed by atoms with Crippen molar-refractivity contribution >= 4 is 41.2 Å². The van der Waals surface area contributed by atoms with Gasteiger partial charge in [-0.25, -0.2) is 4.98 Å². The molecule has 1 aliphatic rings. The Bertz CT molecular complexity index is 948. The summed E-state index contributed by atoms with van der Waals surface area (Å²) in [6, 6.07) is 14.5. The zero-order chi connectivity index (χ0) is 20.1. The van der Waals surface area contributed by atoms with Gasteiger partial charge in [0.25, 0.3) is 0 Å². The van der Waals surface area contributed by atoms with Gasteiger partial charge < -0.3 is 4.90 Å². The van der Waals surface area contributed by atoms with Crippen LogP contribution in [0.4, 0.5) is 0 Å². The lowest BCUT2D eigenvalue weighted by molar-refractivity contribution is -0.131. The first kappa shape index (κ1) is 19.9. The maximum atomic E-state index is 13.0. The third kappa shape index (κ3) is 5.58. The van der Waals surface area contributed by atoms with Crippen molar-refractivity contribution in [3.63, 3.8) is 0 Å². The number of nitrogens with zero attached hydrogens (tertiary/aromatic N) is 3. The van der Waals surface area contributed by atoms with Crippen molar-refractivity contribution in [1.82, 2.24) is 20.1 Å². The summed E-state index contributed by atoms with van der Waals surface area (Å²) >= 11 is 3.06. The Balaban J connectivity index is 1.36. The predicted molar refractivity (Wildman–Crippen MR) is 120 cm³/mol. The standard InChI is InChI=1S/C22H24N4OS2/c1-16(18-9-10-18)26(14-17-6-3-2-4-7-17)21(27)15-29-22-23-20(24-25-22)12-11-19-8-5-13-28-19/h2-8,11-13,16,18H,9-10,14-15H2,1H3,(H,23,24,25)/b12-11+. The molecule has 0 aliphatic heterocycles. The Morgan fingerprint density at radius 1 is 1.28 bits per heavy atom. The number of carbonyl (C=O) groups excluding carboxylic acids is 1. The van der Waals surface area contributed by atoms with Gasteiger partial charge in [0.2, 0.25) is 11.1 Å². The van der Waals surface area contributed by atoms with Crippen molar-refractivity contribution in [2.45, 2.75) is 37.5 Å². The first-order valence-corrected chi connectivity index (χ1v) is 11.7. The van der Waals surface area contributed by atoms with Crippen LogP contribution in [-0.2, 0) is 11.3 Å². The highest BCUT2D eigenvalue weighted by molar-refractivity contribution is 7.99. The molecule has 1 amide bonds. The third-order valence-corrected chi connectivity index (χ3v) is 6.74. The van der Waals surface area contributed by atoms with E-state index in [9.17, 15) is 4.79 Å². The van der Waals surface area contributed by atoms with Crippen LogP contribution in [0.25, 0.3) is 12.2 Å². The Hall–Kier alpha value is -2.38. The molecule has 150 valence electrons. The molecule has 7 heteroatoms. The van der Waals surface area contributed by atoms with Gasteiger partial charge in [0.15, 0.2) is 0 Å². The van der Waals surface area contributed by atoms with Gasteiger partial charge >= 0.3 is 0 Å². The minimum absolute atomic E-state index is 0.138. The molecule has 0 saturated heterocycles. The van der Waals surface area contributed by atoms with E-state index in [4.69, 9.17) is 0 Å². The van der Waals surface area contributed by atoms with Crippen LogP contribution in [0.2, 0.25) is 0 Å². The molecule has 2 heterocycles. The Morgan fingerprint density at radius 3 is 2.83 bits per heavy atom. The first-order valence-electron chi connectivity index (χ1n) is 9.79. The van der Waals surface area contributed by atoms with Gasteiger partial charge in [0.1, 0.15) is 5.82 Å². The summed E-state index contributed by atoms with van der Waals surface area (Å²) in [6.45, 7) is 2.82. The first-order chi connectivity index (χ1) is 14.2. The van der Waals surface area contributed by atoms with E-state index in [1.807, 2.05) is 52.8 Å². The van der Waals surface area contributed by atoms with Crippen molar-refractivity contribution in [3.05, 3.63) is 64.1 Å². The molecule has 2 aromatic heterocycles. The second-order valence-corrected chi connectivity index (χ2v) is 9.15. The fraction of sp³-hybridized carbons (Fsp3) is 0.318. The van der Waals surface area contributed by atoms with Crippen LogP contribution in [0.5, 0.6) is 0 Å². The largest absolute Gasteiger partial charge is 0.335 e. The smallest absolute Gasteiger partial charge is 0.233 e. The minimum Gasteiger partial charge on any atom is -0.335 e. The maximum absolute atomic E-state index is 13.0. The molecule has 1 saturated carbocycles. The molecule has 1 unspecified atom stereocenters. The predicted octanol–water partition coefficient (Wildman–Crippen LogP) is 4.96. The molecular weight excluding hydrogens is 400 g/mol. The number of aromatic nitrogens is 3. The average molecular weight is 425 g/mol. The summed E-state index contributed by atoms with van der Waals surface area (Å²) in [6.07, 6.45) is 6.34. The second-order valence-electron chi connectivity index (χ2n) is 7.23. The average Bonchev–Trinajstić information content (AvgIpc) is 3.27. The van der Waals surface area contributed by atoms with E-state index < -0.39 is 0 Å². The second kappa shape index (κ2) is 9.41. The van der Waals surface area contributed by atoms with Crippen molar-refractivity contribution < 1.29 is 4.79 Å². The van der Waals surface area contributed by atoms with E-state index in [2.05, 4.69) is 34.2 Å². The summed E-state index contributed by atoms with van der Waals surface area (Å²) in [5.74, 6) is 1.81. The van der Waals surface area contributed by atoms with Gasteiger partial charge in [-0.2, -0.15) is 0 Å². The number of amides is 1. The van der Waals surface area contributed by atoms with E-state index in [1.54, 1.807) is 11.3 Å². The van der Waals surface area contributed by atoms with Crippen LogP contribution in [0.3, 0.4) is 0 Å². The van der Waals surface area contributed by atoms with Crippen molar-refractivity contribution in [1.29, 1.82) is 0 Å². The van der Waals surface area contributed by atoms with Crippen LogP contribution in [0, 0.1) is 5.92 Å². The molecule has 1 fully saturated rings. The molecule has 29 heavy (non-hydrogen) atoms. The van der Waals surface area contributed by atoms with Crippen LogP contribution < -0.4 is 0 Å². The number of aromatic amines is 1. The fourth-order valence-electron chi connectivity index (χ4n) is 3.23. The highest BCUT2D eigenvalue weighted by Crippen LogP contribution is 2.36. The summed E-state index contributed by atoms with van der Waals surface area (Å²) in [7, 11) is 0. The number of hydrogen-bond acceptors (Lipinski definition) is 5. The highest BCUT2D eigenvalue weighted by atomic mass is 32.2. The molecule has 0 bridgehead atoms. The minimum atomic E-state index is 0.138. The van der Waals surface area contributed by atoms with Crippen molar-refractivity contribution in [2.75, 3.05) is 5.75 Å².